The molecule has 0 aliphatic carbocycles. The van der Waals surface area contributed by atoms with Crippen LogP contribution in [0.2, 0.25) is 0 Å². The number of hydrogen-bond donors (Lipinski definition) is 1. The molecule has 0 spiro atoms. The van der Waals surface area contributed by atoms with Crippen LogP contribution in [0.15, 0.2) is 0 Å². The first kappa shape index (κ1) is 15.5. The molecule has 0 saturated carbocycles. The van der Waals surface area contributed by atoms with Gasteiger partial charge in [0.2, 0.25) is 5.91 Å². The lowest BCUT2D eigenvalue weighted by Crippen LogP contribution is -2.30. The van der Waals surface area contributed by atoms with E-state index in [2.05, 4.69) is 25.7 Å². The van der Waals surface area contributed by atoms with E-state index in [1.165, 1.54) is 19.3 Å². The molecule has 18 heavy (non-hydrogen) atoms. The van der Waals surface area contributed by atoms with Crippen molar-refractivity contribution >= 4 is 5.91 Å². The fraction of sp³-hybridized carbons (Fsp3) is 0.933. The van der Waals surface area contributed by atoms with Crippen LogP contribution in [0.4, 0.5) is 0 Å². The Morgan fingerprint density at radius 1 is 1.39 bits per heavy atom. The molecule has 1 aliphatic heterocycles. The minimum Gasteiger partial charge on any atom is -0.342 e. The fourth-order valence-corrected chi connectivity index (χ4v) is 2.82. The zero-order valence-electron chi connectivity index (χ0n) is 12.4. The minimum absolute atomic E-state index is 0.201. The Balaban J connectivity index is 2.29. The highest BCUT2D eigenvalue weighted by Gasteiger charge is 2.26. The molecule has 3 heteroatoms. The molecular weight excluding hydrogens is 224 g/mol. The van der Waals surface area contributed by atoms with Crippen molar-refractivity contribution < 1.29 is 4.79 Å². The Labute approximate surface area is 112 Å². The van der Waals surface area contributed by atoms with Crippen LogP contribution in [0.25, 0.3) is 0 Å². The van der Waals surface area contributed by atoms with Gasteiger partial charge in [0, 0.05) is 19.5 Å². The van der Waals surface area contributed by atoms with Crippen molar-refractivity contribution in [3.63, 3.8) is 0 Å². The third-order valence-electron chi connectivity index (χ3n) is 4.17. The molecule has 2 N–H and O–H groups in total. The third kappa shape index (κ3) is 4.97. The van der Waals surface area contributed by atoms with Crippen molar-refractivity contribution in [2.45, 2.75) is 59.3 Å². The highest BCUT2D eigenvalue weighted by molar-refractivity contribution is 5.76. The third-order valence-corrected chi connectivity index (χ3v) is 4.17. The van der Waals surface area contributed by atoms with E-state index in [0.717, 1.165) is 31.8 Å². The normalized spacial score (nSPS) is 20.4. The van der Waals surface area contributed by atoms with Crippen molar-refractivity contribution in [2.75, 3.05) is 19.6 Å². The maximum atomic E-state index is 12.1. The SMILES string of the molecule is CCCC1CCN(C(=O)CCC(C)(C)CCN)C1. The van der Waals surface area contributed by atoms with Crippen LogP contribution in [0, 0.1) is 11.3 Å². The molecule has 0 aromatic carbocycles. The molecule has 0 bridgehead atoms. The van der Waals surface area contributed by atoms with Gasteiger partial charge < -0.3 is 10.6 Å². The standard InChI is InChI=1S/C15H30N2O/c1-4-5-13-7-11-17(12-13)14(18)6-8-15(2,3)9-10-16/h13H,4-12,16H2,1-3H3. The number of likely N-dealkylation sites (tertiary alicyclic amines) is 1. The van der Waals surface area contributed by atoms with Crippen LogP contribution in [0.1, 0.15) is 59.3 Å². The summed E-state index contributed by atoms with van der Waals surface area (Å²) in [4.78, 5) is 14.2. The molecule has 1 amide bonds. The van der Waals surface area contributed by atoms with Crippen molar-refractivity contribution in [1.29, 1.82) is 0 Å². The fourth-order valence-electron chi connectivity index (χ4n) is 2.82. The summed E-state index contributed by atoms with van der Waals surface area (Å²) in [7, 11) is 0. The molecule has 0 aromatic heterocycles. The highest BCUT2D eigenvalue weighted by atomic mass is 16.2. The number of nitrogens with two attached hydrogens (primary N) is 1. The summed E-state index contributed by atoms with van der Waals surface area (Å²) < 4.78 is 0. The van der Waals surface area contributed by atoms with Crippen LogP contribution in [0.3, 0.4) is 0 Å². The van der Waals surface area contributed by atoms with Gasteiger partial charge in [-0.3, -0.25) is 4.79 Å². The molecular formula is C15H30N2O. The molecule has 106 valence electrons. The largest absolute Gasteiger partial charge is 0.342 e. The Bertz CT molecular complexity index is 263. The van der Waals surface area contributed by atoms with Gasteiger partial charge in [-0.25, -0.2) is 0 Å². The predicted octanol–water partition coefficient (Wildman–Crippen LogP) is 2.79. The van der Waals surface area contributed by atoms with Crippen molar-refractivity contribution in [3.8, 4) is 0 Å². The molecule has 1 atom stereocenters. The van der Waals surface area contributed by atoms with Crippen molar-refractivity contribution in [1.82, 2.24) is 4.90 Å². The monoisotopic (exact) mass is 254 g/mol. The van der Waals surface area contributed by atoms with E-state index in [9.17, 15) is 4.79 Å². The maximum absolute atomic E-state index is 12.1. The summed E-state index contributed by atoms with van der Waals surface area (Å²) in [5.74, 6) is 1.09. The summed E-state index contributed by atoms with van der Waals surface area (Å²) in [5, 5.41) is 0. The first-order valence-corrected chi connectivity index (χ1v) is 7.46. The van der Waals surface area contributed by atoms with Gasteiger partial charge in [-0.2, -0.15) is 0 Å². The molecule has 1 fully saturated rings. The van der Waals surface area contributed by atoms with E-state index < -0.39 is 0 Å². The molecule has 3 nitrogen and oxygen atoms in total. The molecule has 0 radical (unpaired) electrons. The van der Waals surface area contributed by atoms with Gasteiger partial charge in [0.05, 0.1) is 0 Å². The average Bonchev–Trinajstić information content (AvgIpc) is 2.75. The number of hydrogen-bond acceptors (Lipinski definition) is 2. The van der Waals surface area contributed by atoms with Gasteiger partial charge >= 0.3 is 0 Å². The number of carbonyl (C=O) groups is 1. The molecule has 1 saturated heterocycles. The quantitative estimate of drug-likeness (QED) is 0.759. The van der Waals surface area contributed by atoms with Crippen LogP contribution in [-0.4, -0.2) is 30.4 Å². The Kier molecular flexibility index (Phi) is 6.13. The van der Waals surface area contributed by atoms with Crippen LogP contribution >= 0.6 is 0 Å². The molecule has 1 heterocycles. The van der Waals surface area contributed by atoms with E-state index in [4.69, 9.17) is 5.73 Å². The predicted molar refractivity (Wildman–Crippen MR) is 76.3 cm³/mol. The van der Waals surface area contributed by atoms with Crippen molar-refractivity contribution in [2.24, 2.45) is 17.1 Å². The van der Waals surface area contributed by atoms with Gasteiger partial charge in [0.25, 0.3) is 0 Å². The number of nitrogens with zero attached hydrogens (tertiary/aromatic N) is 1. The lowest BCUT2D eigenvalue weighted by Gasteiger charge is -2.25. The average molecular weight is 254 g/mol. The summed E-state index contributed by atoms with van der Waals surface area (Å²) in [6.45, 7) is 9.31. The Morgan fingerprint density at radius 3 is 2.72 bits per heavy atom. The lowest BCUT2D eigenvalue weighted by atomic mass is 9.84. The Hall–Kier alpha value is -0.570. The minimum atomic E-state index is 0.201. The van der Waals surface area contributed by atoms with Gasteiger partial charge in [-0.15, -0.1) is 0 Å². The lowest BCUT2D eigenvalue weighted by molar-refractivity contribution is -0.130. The number of amides is 1. The molecule has 1 rings (SSSR count). The van der Waals surface area contributed by atoms with Gasteiger partial charge in [-0.1, -0.05) is 27.2 Å². The van der Waals surface area contributed by atoms with Gasteiger partial charge in [0.1, 0.15) is 0 Å². The van der Waals surface area contributed by atoms with E-state index >= 15 is 0 Å². The smallest absolute Gasteiger partial charge is 0.222 e. The van der Waals surface area contributed by atoms with Gasteiger partial charge in [0.15, 0.2) is 0 Å². The van der Waals surface area contributed by atoms with Crippen LogP contribution < -0.4 is 5.73 Å². The Morgan fingerprint density at radius 2 is 2.11 bits per heavy atom. The van der Waals surface area contributed by atoms with E-state index in [0.29, 0.717) is 18.9 Å². The van der Waals surface area contributed by atoms with Gasteiger partial charge in [-0.05, 0) is 43.6 Å². The highest BCUT2D eigenvalue weighted by Crippen LogP contribution is 2.27. The first-order valence-electron chi connectivity index (χ1n) is 7.46. The summed E-state index contributed by atoms with van der Waals surface area (Å²) in [5.41, 5.74) is 5.80. The van der Waals surface area contributed by atoms with E-state index in [1.807, 2.05) is 0 Å². The summed E-state index contributed by atoms with van der Waals surface area (Å²) >= 11 is 0. The van der Waals surface area contributed by atoms with E-state index in [-0.39, 0.29) is 5.41 Å². The second-order valence-electron chi connectivity index (χ2n) is 6.49. The second-order valence-corrected chi connectivity index (χ2v) is 6.49. The van der Waals surface area contributed by atoms with Crippen LogP contribution in [0.5, 0.6) is 0 Å². The number of carbonyl (C=O) groups excluding carboxylic acids is 1. The topological polar surface area (TPSA) is 46.3 Å². The summed E-state index contributed by atoms with van der Waals surface area (Å²) in [6.07, 6.45) is 6.34. The maximum Gasteiger partial charge on any atom is 0.222 e. The van der Waals surface area contributed by atoms with Crippen molar-refractivity contribution in [3.05, 3.63) is 0 Å². The first-order chi connectivity index (χ1) is 8.48. The summed E-state index contributed by atoms with van der Waals surface area (Å²) in [6, 6.07) is 0. The number of rotatable bonds is 7. The molecule has 1 aliphatic rings. The second kappa shape index (κ2) is 7.13. The zero-order valence-corrected chi connectivity index (χ0v) is 12.4. The molecule has 1 unspecified atom stereocenters. The van der Waals surface area contributed by atoms with E-state index in [1.54, 1.807) is 0 Å². The zero-order chi connectivity index (χ0) is 13.6. The van der Waals surface area contributed by atoms with Crippen LogP contribution in [-0.2, 0) is 4.79 Å². The molecule has 0 aromatic rings.